The van der Waals surface area contributed by atoms with Gasteiger partial charge >= 0.3 is 0 Å². The van der Waals surface area contributed by atoms with Gasteiger partial charge in [-0.25, -0.2) is 0 Å². The molecule has 2 heterocycles. The van der Waals surface area contributed by atoms with Gasteiger partial charge in [0.05, 0.1) is 0 Å². The Bertz CT molecular complexity index is 423. The van der Waals surface area contributed by atoms with Crippen molar-refractivity contribution in [2.45, 2.75) is 38.1 Å². The first-order valence-electron chi connectivity index (χ1n) is 6.54. The summed E-state index contributed by atoms with van der Waals surface area (Å²) < 4.78 is 0. The van der Waals surface area contributed by atoms with E-state index in [1.807, 2.05) is 0 Å². The minimum atomic E-state index is 0.454. The smallest absolute Gasteiger partial charge is 0.135 e. The van der Waals surface area contributed by atoms with Crippen LogP contribution in [-0.4, -0.2) is 29.8 Å². The van der Waals surface area contributed by atoms with Crippen LogP contribution in [0.1, 0.15) is 36.3 Å². The van der Waals surface area contributed by atoms with E-state index in [9.17, 15) is 4.79 Å². The van der Waals surface area contributed by atoms with Gasteiger partial charge in [-0.15, -0.1) is 0 Å². The third-order valence-corrected chi connectivity index (χ3v) is 4.22. The molecule has 2 nitrogen and oxygen atoms in total. The summed E-state index contributed by atoms with van der Waals surface area (Å²) >= 11 is 0. The van der Waals surface area contributed by atoms with Gasteiger partial charge in [0, 0.05) is 32.0 Å². The minimum absolute atomic E-state index is 0.454. The Kier molecular flexibility index (Phi) is 2.75. The van der Waals surface area contributed by atoms with E-state index in [4.69, 9.17) is 0 Å². The van der Waals surface area contributed by atoms with E-state index in [1.165, 1.54) is 11.1 Å². The molecule has 3 rings (SSSR count). The number of hydrogen-bond donors (Lipinski definition) is 0. The normalized spacial score (nSPS) is 29.4. The van der Waals surface area contributed by atoms with Crippen LogP contribution in [0.15, 0.2) is 24.3 Å². The van der Waals surface area contributed by atoms with Gasteiger partial charge in [-0.05, 0) is 24.8 Å². The van der Waals surface area contributed by atoms with E-state index in [-0.39, 0.29) is 0 Å². The second-order valence-corrected chi connectivity index (χ2v) is 5.48. The summed E-state index contributed by atoms with van der Waals surface area (Å²) in [5.74, 6) is 1.09. The van der Waals surface area contributed by atoms with Gasteiger partial charge < -0.3 is 0 Å². The quantitative estimate of drug-likeness (QED) is 0.737. The molecule has 1 aromatic rings. The summed E-state index contributed by atoms with van der Waals surface area (Å²) in [7, 11) is 0. The second-order valence-electron chi connectivity index (χ2n) is 5.48. The number of rotatable bonds is 1. The van der Waals surface area contributed by atoms with Crippen molar-refractivity contribution in [2.24, 2.45) is 0 Å². The Balaban J connectivity index is 1.75. The van der Waals surface area contributed by atoms with Crippen LogP contribution in [0, 0.1) is 6.92 Å². The first-order chi connectivity index (χ1) is 8.22. The molecule has 0 saturated carbocycles. The van der Waals surface area contributed by atoms with Gasteiger partial charge in [-0.1, -0.05) is 29.8 Å². The first kappa shape index (κ1) is 11.0. The molecular weight excluding hydrogens is 210 g/mol. The van der Waals surface area contributed by atoms with E-state index in [2.05, 4.69) is 36.1 Å². The number of hydrogen-bond acceptors (Lipinski definition) is 2. The van der Waals surface area contributed by atoms with Gasteiger partial charge in [-0.3, -0.25) is 9.69 Å². The van der Waals surface area contributed by atoms with Gasteiger partial charge in [0.1, 0.15) is 5.78 Å². The van der Waals surface area contributed by atoms with Gasteiger partial charge in [0.2, 0.25) is 0 Å². The highest BCUT2D eigenvalue weighted by atomic mass is 16.1. The number of benzene rings is 1. The number of fused-ring (bicyclic) bond motifs is 1. The second kappa shape index (κ2) is 4.26. The molecule has 0 N–H and O–H groups in total. The molecule has 2 aliphatic rings. The highest BCUT2D eigenvalue weighted by Crippen LogP contribution is 2.35. The Morgan fingerprint density at radius 3 is 2.76 bits per heavy atom. The summed E-state index contributed by atoms with van der Waals surface area (Å²) in [4.78, 5) is 14.0. The van der Waals surface area contributed by atoms with Gasteiger partial charge in [0.25, 0.3) is 0 Å². The highest BCUT2D eigenvalue weighted by Gasteiger charge is 2.36. The van der Waals surface area contributed by atoms with E-state index in [0.717, 1.165) is 32.4 Å². The monoisotopic (exact) mass is 229 g/mol. The largest absolute Gasteiger partial charge is 0.300 e. The average molecular weight is 229 g/mol. The number of ketones is 1. The molecule has 0 spiro atoms. The summed E-state index contributed by atoms with van der Waals surface area (Å²) in [6, 6.07) is 9.40. The van der Waals surface area contributed by atoms with Crippen LogP contribution < -0.4 is 0 Å². The molecule has 2 atom stereocenters. The maximum atomic E-state index is 11.5. The van der Waals surface area contributed by atoms with E-state index in [1.54, 1.807) is 0 Å². The van der Waals surface area contributed by atoms with Gasteiger partial charge in [0.15, 0.2) is 0 Å². The van der Waals surface area contributed by atoms with Crippen molar-refractivity contribution in [3.05, 3.63) is 35.4 Å². The molecule has 0 amide bonds. The standard InChI is InChI=1S/C15H19NO/c1-11-2-4-12(5-3-11)13-8-14-9-15(17)6-7-16(14)10-13/h2-5,13-14H,6-10H2,1H3/t13-,14-/m0/s1. The molecule has 90 valence electrons. The molecule has 0 aromatic heterocycles. The zero-order chi connectivity index (χ0) is 11.8. The Hall–Kier alpha value is -1.15. The lowest BCUT2D eigenvalue weighted by Crippen LogP contribution is -2.38. The summed E-state index contributed by atoms with van der Waals surface area (Å²) in [5.41, 5.74) is 2.76. The Morgan fingerprint density at radius 2 is 2.00 bits per heavy atom. The summed E-state index contributed by atoms with van der Waals surface area (Å²) in [6.45, 7) is 4.24. The SMILES string of the molecule is Cc1ccc([C@H]2C[C@H]3CC(=O)CCN3C2)cc1. The molecule has 17 heavy (non-hydrogen) atoms. The fraction of sp³-hybridized carbons (Fsp3) is 0.533. The highest BCUT2D eigenvalue weighted by molar-refractivity contribution is 5.80. The third kappa shape index (κ3) is 2.14. The Morgan fingerprint density at radius 1 is 1.24 bits per heavy atom. The first-order valence-corrected chi connectivity index (χ1v) is 6.54. The van der Waals surface area contributed by atoms with Crippen LogP contribution in [0.3, 0.4) is 0 Å². The van der Waals surface area contributed by atoms with Crippen LogP contribution in [0.5, 0.6) is 0 Å². The van der Waals surface area contributed by atoms with Crippen molar-refractivity contribution in [3.8, 4) is 0 Å². The Labute approximate surface area is 103 Å². The van der Waals surface area contributed by atoms with E-state index in [0.29, 0.717) is 17.7 Å². The average Bonchev–Trinajstić information content (AvgIpc) is 2.72. The van der Waals surface area contributed by atoms with Crippen LogP contribution in [0.25, 0.3) is 0 Å². The van der Waals surface area contributed by atoms with Crippen LogP contribution >= 0.6 is 0 Å². The summed E-state index contributed by atoms with van der Waals surface area (Å²) in [5, 5.41) is 0. The molecule has 2 aliphatic heterocycles. The molecule has 0 bridgehead atoms. The molecule has 0 radical (unpaired) electrons. The van der Waals surface area contributed by atoms with E-state index < -0.39 is 0 Å². The lowest BCUT2D eigenvalue weighted by molar-refractivity contribution is -0.122. The van der Waals surface area contributed by atoms with Crippen molar-refractivity contribution in [1.82, 2.24) is 4.90 Å². The van der Waals surface area contributed by atoms with Gasteiger partial charge in [-0.2, -0.15) is 0 Å². The van der Waals surface area contributed by atoms with Crippen LogP contribution in [-0.2, 0) is 4.79 Å². The fourth-order valence-corrected chi connectivity index (χ4v) is 3.18. The number of carbonyl (C=O) groups excluding carboxylic acids is 1. The summed E-state index contributed by atoms with van der Waals surface area (Å²) in [6.07, 6.45) is 2.70. The van der Waals surface area contributed by atoms with Crippen LogP contribution in [0.4, 0.5) is 0 Å². The zero-order valence-electron chi connectivity index (χ0n) is 10.4. The maximum absolute atomic E-state index is 11.5. The maximum Gasteiger partial charge on any atom is 0.135 e. The van der Waals surface area contributed by atoms with Crippen molar-refractivity contribution in [2.75, 3.05) is 13.1 Å². The zero-order valence-corrected chi connectivity index (χ0v) is 10.4. The van der Waals surface area contributed by atoms with Crippen molar-refractivity contribution in [1.29, 1.82) is 0 Å². The number of carbonyl (C=O) groups is 1. The fourth-order valence-electron chi connectivity index (χ4n) is 3.18. The number of aryl methyl sites for hydroxylation is 1. The predicted octanol–water partition coefficient (Wildman–Crippen LogP) is 2.52. The van der Waals surface area contributed by atoms with Crippen LogP contribution in [0.2, 0.25) is 0 Å². The van der Waals surface area contributed by atoms with E-state index >= 15 is 0 Å². The molecular formula is C15H19NO. The topological polar surface area (TPSA) is 20.3 Å². The molecule has 2 fully saturated rings. The molecule has 0 aliphatic carbocycles. The molecule has 1 aromatic carbocycles. The third-order valence-electron chi connectivity index (χ3n) is 4.22. The number of Topliss-reactive ketones (excluding diaryl/α,β-unsaturated/α-hetero) is 1. The lowest BCUT2D eigenvalue weighted by atomic mass is 9.93. The van der Waals surface area contributed by atoms with Crippen molar-refractivity contribution in [3.63, 3.8) is 0 Å². The van der Waals surface area contributed by atoms with Crippen molar-refractivity contribution >= 4 is 5.78 Å². The molecule has 0 unspecified atom stereocenters. The number of piperidine rings is 1. The minimum Gasteiger partial charge on any atom is -0.300 e. The molecule has 2 heteroatoms. The number of nitrogens with zero attached hydrogens (tertiary/aromatic N) is 1. The predicted molar refractivity (Wildman–Crippen MR) is 68.1 cm³/mol. The lowest BCUT2D eigenvalue weighted by Gasteiger charge is -2.27. The van der Waals surface area contributed by atoms with Crippen molar-refractivity contribution < 1.29 is 4.79 Å². The molecule has 2 saturated heterocycles.